The van der Waals surface area contributed by atoms with Gasteiger partial charge in [0, 0.05) is 13.0 Å². The number of quaternary nitrogens is 1. The number of phosphoric ester groups is 1. The second-order valence-electron chi connectivity index (χ2n) is 14.7. The number of likely N-dealkylation sites (N-methyl/N-ethyl adjacent to an activating group) is 1. The van der Waals surface area contributed by atoms with Crippen LogP contribution in [0.15, 0.2) is 0 Å². The van der Waals surface area contributed by atoms with Gasteiger partial charge in [-0.25, -0.2) is 4.57 Å². The van der Waals surface area contributed by atoms with Gasteiger partial charge in [-0.15, -0.1) is 0 Å². The summed E-state index contributed by atoms with van der Waals surface area (Å²) < 4.78 is 34.8. The average molecular weight is 693 g/mol. The molecule has 0 aliphatic heterocycles. The molecule has 0 rings (SSSR count). The highest BCUT2D eigenvalue weighted by molar-refractivity contribution is 7.47. The van der Waals surface area contributed by atoms with Crippen LogP contribution >= 0.6 is 7.82 Å². The molecule has 0 bridgehead atoms. The third kappa shape index (κ3) is 36.6. The quantitative estimate of drug-likeness (QED) is 0.0300. The Morgan fingerprint density at radius 1 is 0.574 bits per heavy atom. The molecule has 2 atom stereocenters. The fourth-order valence-electron chi connectivity index (χ4n) is 5.55. The Balaban J connectivity index is 4.09. The van der Waals surface area contributed by atoms with Crippen molar-refractivity contribution in [3.8, 4) is 0 Å². The first-order valence-corrected chi connectivity index (χ1v) is 21.3. The van der Waals surface area contributed by atoms with Crippen LogP contribution in [-0.4, -0.2) is 75.6 Å². The first-order valence-electron chi connectivity index (χ1n) is 19.8. The molecule has 0 aliphatic rings. The minimum Gasteiger partial charge on any atom is -0.457 e. The highest BCUT2D eigenvalue weighted by Crippen LogP contribution is 2.43. The predicted octanol–water partition coefficient (Wildman–Crippen LogP) is 10.9. The smallest absolute Gasteiger partial charge is 0.457 e. The van der Waals surface area contributed by atoms with Gasteiger partial charge < -0.3 is 18.9 Å². The zero-order chi connectivity index (χ0) is 34.9. The Hall–Kier alpha value is -0.500. The van der Waals surface area contributed by atoms with Gasteiger partial charge in [-0.1, -0.05) is 162 Å². The number of ether oxygens (including phenoxy) is 2. The monoisotopic (exact) mass is 693 g/mol. The van der Waals surface area contributed by atoms with Gasteiger partial charge in [-0.05, 0) is 12.8 Å². The van der Waals surface area contributed by atoms with Crippen molar-refractivity contribution < 1.29 is 37.3 Å². The molecule has 0 amide bonds. The van der Waals surface area contributed by atoms with Gasteiger partial charge in [0.25, 0.3) is 0 Å². The second-order valence-corrected chi connectivity index (χ2v) is 16.1. The first kappa shape index (κ1) is 46.5. The van der Waals surface area contributed by atoms with Crippen LogP contribution in [0.2, 0.25) is 0 Å². The number of hydrogen-bond acceptors (Lipinski definition) is 6. The standard InChI is InChI=1S/C38H78NO7P/c1-6-8-10-12-14-15-16-17-18-19-20-21-22-23-24-26-28-30-33-43-35-37(36-45-47(41,42)44-34-32-39(3,4)5)46-38(40)31-29-27-25-13-11-9-7-2/h37H,6-36H2,1-5H3/p+1. The molecule has 8 nitrogen and oxygen atoms in total. The Labute approximate surface area is 291 Å². The lowest BCUT2D eigenvalue weighted by atomic mass is 10.0. The molecule has 0 saturated carbocycles. The lowest BCUT2D eigenvalue weighted by Gasteiger charge is -2.24. The van der Waals surface area contributed by atoms with Crippen molar-refractivity contribution in [3.05, 3.63) is 0 Å². The summed E-state index contributed by atoms with van der Waals surface area (Å²) in [6.45, 7) is 5.61. The number of rotatable bonds is 37. The van der Waals surface area contributed by atoms with E-state index >= 15 is 0 Å². The van der Waals surface area contributed by atoms with Crippen LogP contribution in [0.1, 0.15) is 181 Å². The van der Waals surface area contributed by atoms with Crippen molar-refractivity contribution in [2.75, 3.05) is 54.1 Å². The molecule has 0 aromatic heterocycles. The number of carbonyl (C=O) groups excluding carboxylic acids is 1. The van der Waals surface area contributed by atoms with E-state index in [1.165, 1.54) is 128 Å². The van der Waals surface area contributed by atoms with E-state index in [0.29, 0.717) is 24.1 Å². The highest BCUT2D eigenvalue weighted by atomic mass is 31.2. The fourth-order valence-corrected chi connectivity index (χ4v) is 6.29. The molecular weight excluding hydrogens is 613 g/mol. The van der Waals surface area contributed by atoms with E-state index in [4.69, 9.17) is 18.5 Å². The molecule has 0 radical (unpaired) electrons. The van der Waals surface area contributed by atoms with E-state index in [-0.39, 0.29) is 25.8 Å². The largest absolute Gasteiger partial charge is 0.472 e. The number of carbonyl (C=O) groups is 1. The fraction of sp³-hybridized carbons (Fsp3) is 0.974. The Morgan fingerprint density at radius 2 is 0.979 bits per heavy atom. The topological polar surface area (TPSA) is 91.3 Å². The molecule has 0 aromatic carbocycles. The summed E-state index contributed by atoms with van der Waals surface area (Å²) in [4.78, 5) is 22.6. The summed E-state index contributed by atoms with van der Waals surface area (Å²) in [5.41, 5.74) is 0. The van der Waals surface area contributed by atoms with Crippen molar-refractivity contribution in [1.82, 2.24) is 0 Å². The maximum Gasteiger partial charge on any atom is 0.472 e. The maximum absolute atomic E-state index is 12.5. The first-order chi connectivity index (χ1) is 22.6. The number of hydrogen-bond donors (Lipinski definition) is 1. The van der Waals surface area contributed by atoms with Crippen LogP contribution in [-0.2, 0) is 27.9 Å². The average Bonchev–Trinajstić information content (AvgIpc) is 3.01. The summed E-state index contributed by atoms with van der Waals surface area (Å²) in [5, 5.41) is 0. The molecule has 0 aliphatic carbocycles. The molecule has 9 heteroatoms. The van der Waals surface area contributed by atoms with Crippen molar-refractivity contribution >= 4 is 13.8 Å². The maximum atomic E-state index is 12.5. The molecule has 2 unspecified atom stereocenters. The number of esters is 1. The van der Waals surface area contributed by atoms with Crippen LogP contribution in [0, 0.1) is 0 Å². The lowest BCUT2D eigenvalue weighted by Crippen LogP contribution is -2.37. The third-order valence-corrected chi connectivity index (χ3v) is 9.65. The van der Waals surface area contributed by atoms with Crippen LogP contribution in [0.5, 0.6) is 0 Å². The normalized spacial score (nSPS) is 13.9. The Kier molecular flexibility index (Phi) is 32.3. The van der Waals surface area contributed by atoms with E-state index in [1.54, 1.807) is 0 Å². The summed E-state index contributed by atoms with van der Waals surface area (Å²) in [6.07, 6.45) is 31.4. The summed E-state index contributed by atoms with van der Waals surface area (Å²) in [6, 6.07) is 0. The second kappa shape index (κ2) is 32.7. The summed E-state index contributed by atoms with van der Waals surface area (Å²) in [5.74, 6) is -0.317. The predicted molar refractivity (Wildman–Crippen MR) is 197 cm³/mol. The summed E-state index contributed by atoms with van der Waals surface area (Å²) >= 11 is 0. The molecule has 0 aromatic rings. The van der Waals surface area contributed by atoms with Gasteiger partial charge in [0.15, 0.2) is 0 Å². The van der Waals surface area contributed by atoms with Crippen molar-refractivity contribution in [3.63, 3.8) is 0 Å². The van der Waals surface area contributed by atoms with Crippen molar-refractivity contribution in [2.24, 2.45) is 0 Å². The zero-order valence-corrected chi connectivity index (χ0v) is 32.7. The van der Waals surface area contributed by atoms with E-state index in [9.17, 15) is 14.3 Å². The SMILES string of the molecule is CCCCCCCCCCCCCCCCCCCCOCC(COP(=O)(O)OCC[N+](C)(C)C)OC(=O)CCCCCCCCC. The van der Waals surface area contributed by atoms with Gasteiger partial charge in [0.1, 0.15) is 19.3 Å². The van der Waals surface area contributed by atoms with Gasteiger partial charge in [0.2, 0.25) is 0 Å². The highest BCUT2D eigenvalue weighted by Gasteiger charge is 2.26. The Bertz CT molecular complexity index is 731. The van der Waals surface area contributed by atoms with Crippen LogP contribution in [0.4, 0.5) is 0 Å². The lowest BCUT2D eigenvalue weighted by molar-refractivity contribution is -0.870. The van der Waals surface area contributed by atoms with Gasteiger partial charge in [-0.2, -0.15) is 0 Å². The zero-order valence-electron chi connectivity index (χ0n) is 31.8. The van der Waals surface area contributed by atoms with Crippen molar-refractivity contribution in [2.45, 2.75) is 187 Å². The molecule has 0 fully saturated rings. The minimum atomic E-state index is -4.25. The Morgan fingerprint density at radius 3 is 1.40 bits per heavy atom. The van der Waals surface area contributed by atoms with E-state index < -0.39 is 13.9 Å². The molecule has 282 valence electrons. The van der Waals surface area contributed by atoms with E-state index in [0.717, 1.165) is 32.1 Å². The van der Waals surface area contributed by atoms with Crippen molar-refractivity contribution in [1.29, 1.82) is 0 Å². The molecule has 1 N–H and O–H groups in total. The molecule has 0 heterocycles. The molecule has 0 saturated heterocycles. The van der Waals surface area contributed by atoms with Gasteiger partial charge in [-0.3, -0.25) is 13.8 Å². The minimum absolute atomic E-state index is 0.0931. The van der Waals surface area contributed by atoms with Gasteiger partial charge in [0.05, 0.1) is 34.4 Å². The number of unbranched alkanes of at least 4 members (excludes halogenated alkanes) is 23. The summed E-state index contributed by atoms with van der Waals surface area (Å²) in [7, 11) is 1.68. The number of phosphoric acid groups is 1. The van der Waals surface area contributed by atoms with Crippen LogP contribution in [0.25, 0.3) is 0 Å². The molecule has 47 heavy (non-hydrogen) atoms. The van der Waals surface area contributed by atoms with Crippen LogP contribution < -0.4 is 0 Å². The third-order valence-electron chi connectivity index (χ3n) is 8.67. The van der Waals surface area contributed by atoms with Crippen LogP contribution in [0.3, 0.4) is 0 Å². The van der Waals surface area contributed by atoms with E-state index in [1.807, 2.05) is 21.1 Å². The molecule has 0 spiro atoms. The van der Waals surface area contributed by atoms with E-state index in [2.05, 4.69) is 13.8 Å². The molecular formula is C38H79NO7P+. The number of nitrogens with zero attached hydrogens (tertiary/aromatic N) is 1. The van der Waals surface area contributed by atoms with Gasteiger partial charge >= 0.3 is 13.8 Å².